The number of aromatic nitrogens is 2. The minimum absolute atomic E-state index is 0.129. The first-order valence-corrected chi connectivity index (χ1v) is 5.70. The summed E-state index contributed by atoms with van der Waals surface area (Å²) in [5.74, 6) is 0.533. The van der Waals surface area contributed by atoms with Crippen molar-refractivity contribution in [3.05, 3.63) is 40.5 Å². The zero-order chi connectivity index (χ0) is 11.4. The Hall–Kier alpha value is -1.93. The predicted molar refractivity (Wildman–Crippen MR) is 63.1 cm³/mol. The summed E-state index contributed by atoms with van der Waals surface area (Å²) in [5.41, 5.74) is 0.325. The van der Waals surface area contributed by atoms with Gasteiger partial charge in [-0.15, -0.1) is 11.3 Å². The molecule has 1 N–H and O–H groups in total. The van der Waals surface area contributed by atoms with Gasteiger partial charge in [0.05, 0.1) is 6.04 Å². The van der Waals surface area contributed by atoms with Crippen molar-refractivity contribution in [3.63, 3.8) is 0 Å². The minimum Gasteiger partial charge on any atom is -0.360 e. The van der Waals surface area contributed by atoms with Crippen molar-refractivity contribution < 1.29 is 0 Å². The molecular formula is C11H10N4S. The number of nitrogens with zero attached hydrogens (tertiary/aromatic N) is 3. The summed E-state index contributed by atoms with van der Waals surface area (Å²) in [4.78, 5) is 9.26. The lowest BCUT2D eigenvalue weighted by Gasteiger charge is -2.12. The number of nitriles is 1. The maximum Gasteiger partial charge on any atom is 0.182 e. The molecule has 5 heteroatoms. The first kappa shape index (κ1) is 10.6. The molecule has 0 aliphatic rings. The lowest BCUT2D eigenvalue weighted by Crippen LogP contribution is -2.08. The van der Waals surface area contributed by atoms with Gasteiger partial charge in [-0.05, 0) is 18.4 Å². The third-order valence-electron chi connectivity index (χ3n) is 2.13. The molecule has 1 unspecified atom stereocenters. The second-order valence-corrected chi connectivity index (χ2v) is 4.23. The molecule has 0 saturated heterocycles. The van der Waals surface area contributed by atoms with Crippen LogP contribution in [-0.4, -0.2) is 9.97 Å². The van der Waals surface area contributed by atoms with Gasteiger partial charge in [0, 0.05) is 17.3 Å². The Kier molecular flexibility index (Phi) is 3.13. The largest absolute Gasteiger partial charge is 0.360 e. The molecule has 1 atom stereocenters. The van der Waals surface area contributed by atoms with Crippen LogP contribution in [0.5, 0.6) is 0 Å². The van der Waals surface area contributed by atoms with E-state index in [1.165, 1.54) is 11.1 Å². The summed E-state index contributed by atoms with van der Waals surface area (Å²) in [6.45, 7) is 2.03. The summed E-state index contributed by atoms with van der Waals surface area (Å²) in [5, 5.41) is 14.1. The summed E-state index contributed by atoms with van der Waals surface area (Å²) >= 11 is 1.67. The number of thiophene rings is 1. The zero-order valence-electron chi connectivity index (χ0n) is 8.71. The van der Waals surface area contributed by atoms with Crippen LogP contribution in [0, 0.1) is 11.3 Å². The van der Waals surface area contributed by atoms with Gasteiger partial charge in [0.1, 0.15) is 6.07 Å². The second kappa shape index (κ2) is 4.73. The van der Waals surface area contributed by atoms with Crippen molar-refractivity contribution in [2.45, 2.75) is 13.0 Å². The highest BCUT2D eigenvalue weighted by Crippen LogP contribution is 2.22. The highest BCUT2D eigenvalue weighted by atomic mass is 32.1. The topological polar surface area (TPSA) is 61.6 Å². The lowest BCUT2D eigenvalue weighted by atomic mass is 10.2. The van der Waals surface area contributed by atoms with Crippen molar-refractivity contribution in [2.75, 3.05) is 5.32 Å². The van der Waals surface area contributed by atoms with E-state index in [0.29, 0.717) is 11.5 Å². The molecule has 0 fully saturated rings. The second-order valence-electron chi connectivity index (χ2n) is 3.25. The maximum atomic E-state index is 8.87. The highest BCUT2D eigenvalue weighted by Gasteiger charge is 2.10. The van der Waals surface area contributed by atoms with E-state index < -0.39 is 0 Å². The zero-order valence-corrected chi connectivity index (χ0v) is 9.53. The molecule has 2 aromatic rings. The molecule has 16 heavy (non-hydrogen) atoms. The quantitative estimate of drug-likeness (QED) is 0.880. The Morgan fingerprint density at radius 3 is 2.94 bits per heavy atom. The van der Waals surface area contributed by atoms with E-state index in [-0.39, 0.29) is 6.04 Å². The fraction of sp³-hybridized carbons (Fsp3) is 0.182. The van der Waals surface area contributed by atoms with Crippen molar-refractivity contribution in [1.29, 1.82) is 5.26 Å². The Morgan fingerprint density at radius 1 is 1.44 bits per heavy atom. The Labute approximate surface area is 97.6 Å². The van der Waals surface area contributed by atoms with Gasteiger partial charge in [-0.2, -0.15) is 5.26 Å². The highest BCUT2D eigenvalue weighted by molar-refractivity contribution is 7.10. The van der Waals surface area contributed by atoms with Gasteiger partial charge >= 0.3 is 0 Å². The lowest BCUT2D eigenvalue weighted by molar-refractivity contribution is 0.890. The van der Waals surface area contributed by atoms with Gasteiger partial charge in [-0.25, -0.2) is 9.97 Å². The van der Waals surface area contributed by atoms with Gasteiger partial charge in [-0.3, -0.25) is 0 Å². The summed E-state index contributed by atoms with van der Waals surface area (Å²) in [7, 11) is 0. The van der Waals surface area contributed by atoms with Gasteiger partial charge in [0.25, 0.3) is 0 Å². The molecule has 0 aliphatic carbocycles. The molecule has 4 nitrogen and oxygen atoms in total. The molecule has 0 aliphatic heterocycles. The average Bonchev–Trinajstić information content (AvgIpc) is 2.83. The van der Waals surface area contributed by atoms with Crippen LogP contribution >= 0.6 is 11.3 Å². The van der Waals surface area contributed by atoms with Crippen LogP contribution in [0.2, 0.25) is 0 Å². The number of nitrogens with one attached hydrogen (secondary N) is 1. The van der Waals surface area contributed by atoms with E-state index in [4.69, 9.17) is 5.26 Å². The molecule has 0 amide bonds. The fourth-order valence-electron chi connectivity index (χ4n) is 1.34. The van der Waals surface area contributed by atoms with E-state index in [1.54, 1.807) is 17.5 Å². The first-order chi connectivity index (χ1) is 7.81. The third kappa shape index (κ3) is 2.18. The SMILES string of the molecule is CC(Nc1nccnc1C#N)c1cccs1. The number of hydrogen-bond donors (Lipinski definition) is 1. The van der Waals surface area contributed by atoms with Crippen molar-refractivity contribution in [3.8, 4) is 6.07 Å². The number of rotatable bonds is 3. The number of hydrogen-bond acceptors (Lipinski definition) is 5. The minimum atomic E-state index is 0.129. The van der Waals surface area contributed by atoms with Gasteiger partial charge in [-0.1, -0.05) is 6.07 Å². The Bertz CT molecular complexity index is 501. The van der Waals surface area contributed by atoms with Crippen molar-refractivity contribution in [1.82, 2.24) is 9.97 Å². The van der Waals surface area contributed by atoms with E-state index in [1.807, 2.05) is 30.5 Å². The fourth-order valence-corrected chi connectivity index (χ4v) is 2.07. The molecule has 2 heterocycles. The smallest absolute Gasteiger partial charge is 0.182 e. The Balaban J connectivity index is 2.19. The molecule has 0 radical (unpaired) electrons. The van der Waals surface area contributed by atoms with Crippen LogP contribution in [0.4, 0.5) is 5.82 Å². The van der Waals surface area contributed by atoms with E-state index in [9.17, 15) is 0 Å². The third-order valence-corrected chi connectivity index (χ3v) is 3.18. The molecule has 0 aromatic carbocycles. The Morgan fingerprint density at radius 2 is 2.25 bits per heavy atom. The average molecular weight is 230 g/mol. The van der Waals surface area contributed by atoms with E-state index >= 15 is 0 Å². The van der Waals surface area contributed by atoms with Gasteiger partial charge in [0.2, 0.25) is 0 Å². The number of anilines is 1. The molecule has 80 valence electrons. The van der Waals surface area contributed by atoms with Crippen molar-refractivity contribution in [2.24, 2.45) is 0 Å². The molecular weight excluding hydrogens is 220 g/mol. The summed E-state index contributed by atoms with van der Waals surface area (Å²) < 4.78 is 0. The molecule has 2 aromatic heterocycles. The molecule has 0 bridgehead atoms. The first-order valence-electron chi connectivity index (χ1n) is 4.82. The molecule has 0 saturated carbocycles. The van der Waals surface area contributed by atoms with Crippen LogP contribution in [0.3, 0.4) is 0 Å². The van der Waals surface area contributed by atoms with Crippen LogP contribution in [-0.2, 0) is 0 Å². The maximum absolute atomic E-state index is 8.87. The monoisotopic (exact) mass is 230 g/mol. The van der Waals surface area contributed by atoms with Crippen LogP contribution in [0.15, 0.2) is 29.9 Å². The van der Waals surface area contributed by atoms with Crippen LogP contribution in [0.1, 0.15) is 23.5 Å². The van der Waals surface area contributed by atoms with Crippen LogP contribution in [0.25, 0.3) is 0 Å². The summed E-state index contributed by atoms with van der Waals surface area (Å²) in [6, 6.07) is 6.19. The summed E-state index contributed by atoms with van der Waals surface area (Å²) in [6.07, 6.45) is 3.09. The van der Waals surface area contributed by atoms with E-state index in [0.717, 1.165) is 0 Å². The molecule has 2 rings (SSSR count). The normalized spacial score (nSPS) is 11.8. The van der Waals surface area contributed by atoms with Gasteiger partial charge in [0.15, 0.2) is 11.5 Å². The van der Waals surface area contributed by atoms with Gasteiger partial charge < -0.3 is 5.32 Å². The van der Waals surface area contributed by atoms with E-state index in [2.05, 4.69) is 15.3 Å². The molecule has 0 spiro atoms. The van der Waals surface area contributed by atoms with Crippen molar-refractivity contribution >= 4 is 17.2 Å². The predicted octanol–water partition coefficient (Wildman–Crippen LogP) is 2.58. The van der Waals surface area contributed by atoms with Crippen LogP contribution < -0.4 is 5.32 Å². The standard InChI is InChI=1S/C11H10N4S/c1-8(10-3-2-6-16-10)15-11-9(7-12)13-4-5-14-11/h2-6,8H,1H3,(H,14,15).